The number of anilines is 1. The first-order valence-corrected chi connectivity index (χ1v) is 8.35. The van der Waals surface area contributed by atoms with Gasteiger partial charge in [-0.05, 0) is 36.4 Å². The summed E-state index contributed by atoms with van der Waals surface area (Å²) in [7, 11) is 1.28. The number of carbonyl (C=O) groups excluding carboxylic acids is 3. The predicted octanol–water partition coefficient (Wildman–Crippen LogP) is 3.04. The van der Waals surface area contributed by atoms with Crippen molar-refractivity contribution >= 4 is 35.2 Å². The minimum absolute atomic E-state index is 0.0103. The van der Waals surface area contributed by atoms with Crippen LogP contribution in [0.3, 0.4) is 0 Å². The molecule has 1 aliphatic heterocycles. The van der Waals surface area contributed by atoms with Crippen molar-refractivity contribution < 1.29 is 23.5 Å². The number of thioether (sulfide) groups is 1. The van der Waals surface area contributed by atoms with E-state index in [1.54, 1.807) is 24.3 Å². The molecule has 0 spiro atoms. The zero-order chi connectivity index (χ0) is 18.0. The Morgan fingerprint density at radius 3 is 2.52 bits per heavy atom. The second kappa shape index (κ2) is 7.06. The van der Waals surface area contributed by atoms with Crippen LogP contribution in [0.25, 0.3) is 0 Å². The molecule has 1 fully saturated rings. The summed E-state index contributed by atoms with van der Waals surface area (Å²) in [6, 6.07) is 11.9. The number of benzene rings is 2. The minimum atomic E-state index is -0.650. The topological polar surface area (TPSA) is 63.7 Å². The number of carbonyl (C=O) groups is 3. The highest BCUT2D eigenvalue weighted by atomic mass is 32.2. The van der Waals surface area contributed by atoms with Gasteiger partial charge >= 0.3 is 5.97 Å². The summed E-state index contributed by atoms with van der Waals surface area (Å²) in [5.74, 6) is -1.69. The molecule has 0 saturated carbocycles. The van der Waals surface area contributed by atoms with Crippen molar-refractivity contribution in [1.82, 2.24) is 0 Å². The number of hydrogen-bond acceptors (Lipinski definition) is 5. The van der Waals surface area contributed by atoms with Gasteiger partial charge in [-0.15, -0.1) is 11.8 Å². The first-order valence-electron chi connectivity index (χ1n) is 7.47. The van der Waals surface area contributed by atoms with E-state index in [1.165, 1.54) is 31.4 Å². The van der Waals surface area contributed by atoms with Crippen LogP contribution in [0.15, 0.2) is 53.4 Å². The largest absolute Gasteiger partial charge is 0.465 e. The fourth-order valence-corrected chi connectivity index (χ4v) is 3.73. The van der Waals surface area contributed by atoms with Crippen molar-refractivity contribution in [3.05, 3.63) is 59.9 Å². The van der Waals surface area contributed by atoms with Gasteiger partial charge in [-0.1, -0.05) is 12.1 Å². The Labute approximate surface area is 147 Å². The highest BCUT2D eigenvalue weighted by molar-refractivity contribution is 8.00. The van der Waals surface area contributed by atoms with Crippen LogP contribution in [0.5, 0.6) is 0 Å². The maximum absolute atomic E-state index is 13.0. The third-order valence-corrected chi connectivity index (χ3v) is 5.01. The number of ether oxygens (including phenoxy) is 1. The van der Waals surface area contributed by atoms with E-state index in [9.17, 15) is 18.8 Å². The lowest BCUT2D eigenvalue weighted by Crippen LogP contribution is -2.31. The predicted molar refractivity (Wildman–Crippen MR) is 90.9 cm³/mol. The Hall–Kier alpha value is -2.67. The van der Waals surface area contributed by atoms with Crippen molar-refractivity contribution in [2.75, 3.05) is 12.0 Å². The van der Waals surface area contributed by atoms with Gasteiger partial charge in [0.25, 0.3) is 0 Å². The molecular formula is C18H14FNO4S. The quantitative estimate of drug-likeness (QED) is 0.620. The van der Waals surface area contributed by atoms with Crippen LogP contribution in [-0.2, 0) is 14.3 Å². The molecule has 2 amide bonds. The normalized spacial score (nSPS) is 17.0. The summed E-state index contributed by atoms with van der Waals surface area (Å²) in [6.07, 6.45) is 0.0103. The number of methoxy groups -OCH3 is 1. The molecular weight excluding hydrogens is 345 g/mol. The number of esters is 1. The molecule has 128 valence electrons. The maximum Gasteiger partial charge on any atom is 0.338 e. The molecule has 7 heteroatoms. The number of nitrogens with zero attached hydrogens (tertiary/aromatic N) is 1. The second-order valence-electron chi connectivity index (χ2n) is 5.34. The van der Waals surface area contributed by atoms with Crippen LogP contribution in [0.1, 0.15) is 16.8 Å². The molecule has 1 aliphatic rings. The van der Waals surface area contributed by atoms with Crippen molar-refractivity contribution in [3.63, 3.8) is 0 Å². The first kappa shape index (κ1) is 17.2. The average Bonchev–Trinajstić information content (AvgIpc) is 2.89. The van der Waals surface area contributed by atoms with Crippen LogP contribution in [0.2, 0.25) is 0 Å². The van der Waals surface area contributed by atoms with Gasteiger partial charge in [0.2, 0.25) is 11.8 Å². The van der Waals surface area contributed by atoms with E-state index in [2.05, 4.69) is 0 Å². The maximum atomic E-state index is 13.0. The highest BCUT2D eigenvalue weighted by Crippen LogP contribution is 2.35. The molecule has 2 aromatic rings. The number of hydrogen-bond donors (Lipinski definition) is 0. The van der Waals surface area contributed by atoms with Crippen molar-refractivity contribution in [2.24, 2.45) is 0 Å². The van der Waals surface area contributed by atoms with Crippen molar-refractivity contribution in [1.29, 1.82) is 0 Å². The molecule has 0 radical (unpaired) electrons. The van der Waals surface area contributed by atoms with E-state index >= 15 is 0 Å². The Morgan fingerprint density at radius 2 is 1.84 bits per heavy atom. The van der Waals surface area contributed by atoms with Crippen LogP contribution in [0, 0.1) is 5.82 Å². The summed E-state index contributed by atoms with van der Waals surface area (Å²) in [5.41, 5.74) is 0.677. The average molecular weight is 359 g/mol. The number of imide groups is 1. The van der Waals surface area contributed by atoms with Gasteiger partial charge in [-0.3, -0.25) is 9.59 Å². The van der Waals surface area contributed by atoms with E-state index in [-0.39, 0.29) is 18.2 Å². The number of halogens is 1. The van der Waals surface area contributed by atoms with Gasteiger partial charge in [0.15, 0.2) is 0 Å². The highest BCUT2D eigenvalue weighted by Gasteiger charge is 2.40. The smallest absolute Gasteiger partial charge is 0.338 e. The fraction of sp³-hybridized carbons (Fsp3) is 0.167. The molecule has 1 atom stereocenters. The molecule has 0 aromatic heterocycles. The molecule has 0 N–H and O–H groups in total. The van der Waals surface area contributed by atoms with E-state index < -0.39 is 17.0 Å². The van der Waals surface area contributed by atoms with E-state index in [0.29, 0.717) is 16.1 Å². The van der Waals surface area contributed by atoms with Crippen LogP contribution >= 0.6 is 11.8 Å². The zero-order valence-electron chi connectivity index (χ0n) is 13.3. The Bertz CT molecular complexity index is 837. The zero-order valence-corrected chi connectivity index (χ0v) is 14.1. The van der Waals surface area contributed by atoms with Gasteiger partial charge in [0.05, 0.1) is 23.6 Å². The molecule has 0 aliphatic carbocycles. The molecule has 1 heterocycles. The van der Waals surface area contributed by atoms with E-state index in [1.807, 2.05) is 0 Å². The fourth-order valence-electron chi connectivity index (χ4n) is 2.56. The Kier molecular flexibility index (Phi) is 4.85. The third kappa shape index (κ3) is 3.41. The SMILES string of the molecule is COC(=O)c1ccccc1SC1CC(=O)N(c2ccc(F)cc2)C1=O. The van der Waals surface area contributed by atoms with Gasteiger partial charge in [-0.25, -0.2) is 14.1 Å². The van der Waals surface area contributed by atoms with Crippen LogP contribution in [0.4, 0.5) is 10.1 Å². The summed E-state index contributed by atoms with van der Waals surface area (Å²) < 4.78 is 17.8. The van der Waals surface area contributed by atoms with E-state index in [4.69, 9.17) is 4.74 Å². The minimum Gasteiger partial charge on any atom is -0.465 e. The molecule has 5 nitrogen and oxygen atoms in total. The van der Waals surface area contributed by atoms with Crippen molar-refractivity contribution in [3.8, 4) is 0 Å². The lowest BCUT2D eigenvalue weighted by Gasteiger charge is -2.15. The second-order valence-corrected chi connectivity index (χ2v) is 6.59. The lowest BCUT2D eigenvalue weighted by molar-refractivity contribution is -0.121. The standard InChI is InChI=1S/C18H14FNO4S/c1-24-18(23)13-4-2-3-5-14(13)25-15-10-16(21)20(17(15)22)12-8-6-11(19)7-9-12/h2-9,15H,10H2,1H3. The summed E-state index contributed by atoms with van der Waals surface area (Å²) >= 11 is 1.15. The molecule has 1 saturated heterocycles. The number of amides is 2. The van der Waals surface area contributed by atoms with Gasteiger partial charge in [-0.2, -0.15) is 0 Å². The number of rotatable bonds is 4. The van der Waals surface area contributed by atoms with Crippen LogP contribution < -0.4 is 4.90 Å². The van der Waals surface area contributed by atoms with Gasteiger partial charge in [0.1, 0.15) is 5.82 Å². The van der Waals surface area contributed by atoms with Crippen LogP contribution in [-0.4, -0.2) is 30.1 Å². The third-order valence-electron chi connectivity index (χ3n) is 3.75. The van der Waals surface area contributed by atoms with Crippen molar-refractivity contribution in [2.45, 2.75) is 16.6 Å². The molecule has 1 unspecified atom stereocenters. The summed E-state index contributed by atoms with van der Waals surface area (Å²) in [4.78, 5) is 38.3. The molecule has 3 rings (SSSR count). The Morgan fingerprint density at radius 1 is 1.16 bits per heavy atom. The van der Waals surface area contributed by atoms with Gasteiger partial charge < -0.3 is 4.74 Å². The first-order chi connectivity index (χ1) is 12.0. The Balaban J connectivity index is 1.84. The summed E-state index contributed by atoms with van der Waals surface area (Å²) in [5, 5.41) is -0.650. The van der Waals surface area contributed by atoms with E-state index in [0.717, 1.165) is 16.7 Å². The molecule has 0 bridgehead atoms. The molecule has 25 heavy (non-hydrogen) atoms. The summed E-state index contributed by atoms with van der Waals surface area (Å²) in [6.45, 7) is 0. The van der Waals surface area contributed by atoms with Gasteiger partial charge in [0, 0.05) is 11.3 Å². The molecule has 2 aromatic carbocycles. The monoisotopic (exact) mass is 359 g/mol. The lowest BCUT2D eigenvalue weighted by atomic mass is 10.2.